The molecule has 2 N–H and O–H groups in total. The molecule has 0 aliphatic carbocycles. The SMILES string of the molecule is COCC1(C(=O)Nc2ccc(Cl)c(OC)c2)CCNC1. The standard InChI is InChI=1S/C14H19ClN2O3/c1-19-9-14(5-6-16-8-14)13(18)17-10-3-4-11(15)12(7-10)20-2/h3-4,7,16H,5-6,8-9H2,1-2H3,(H,17,18). The number of hydrogen-bond donors (Lipinski definition) is 2. The summed E-state index contributed by atoms with van der Waals surface area (Å²) in [6, 6.07) is 5.17. The van der Waals surface area contributed by atoms with Crippen LogP contribution in [0.15, 0.2) is 18.2 Å². The first-order chi connectivity index (χ1) is 9.61. The molecule has 0 radical (unpaired) electrons. The Morgan fingerprint density at radius 1 is 1.50 bits per heavy atom. The van der Waals surface area contributed by atoms with Crippen molar-refractivity contribution in [3.8, 4) is 5.75 Å². The van der Waals surface area contributed by atoms with E-state index < -0.39 is 5.41 Å². The van der Waals surface area contributed by atoms with Crippen LogP contribution in [0.3, 0.4) is 0 Å². The van der Waals surface area contributed by atoms with Gasteiger partial charge in [-0.05, 0) is 25.1 Å². The lowest BCUT2D eigenvalue weighted by Gasteiger charge is -2.26. The van der Waals surface area contributed by atoms with E-state index in [9.17, 15) is 4.79 Å². The van der Waals surface area contributed by atoms with Gasteiger partial charge < -0.3 is 20.1 Å². The van der Waals surface area contributed by atoms with Crippen LogP contribution >= 0.6 is 11.6 Å². The third kappa shape index (κ3) is 3.06. The van der Waals surface area contributed by atoms with Crippen LogP contribution in [0.5, 0.6) is 5.75 Å². The average molecular weight is 299 g/mol. The van der Waals surface area contributed by atoms with E-state index in [-0.39, 0.29) is 5.91 Å². The molecule has 110 valence electrons. The number of anilines is 1. The molecular weight excluding hydrogens is 280 g/mol. The van der Waals surface area contributed by atoms with Crippen molar-refractivity contribution in [1.29, 1.82) is 0 Å². The number of rotatable bonds is 5. The maximum Gasteiger partial charge on any atom is 0.234 e. The Kier molecular flexibility index (Phi) is 4.86. The van der Waals surface area contributed by atoms with Gasteiger partial charge in [0.05, 0.1) is 24.2 Å². The Hall–Kier alpha value is -1.30. The number of hydrogen-bond acceptors (Lipinski definition) is 4. The van der Waals surface area contributed by atoms with Crippen LogP contribution in [0, 0.1) is 5.41 Å². The predicted molar refractivity (Wildman–Crippen MR) is 78.4 cm³/mol. The number of benzene rings is 1. The second-order valence-electron chi connectivity index (χ2n) is 4.94. The zero-order valence-electron chi connectivity index (χ0n) is 11.7. The van der Waals surface area contributed by atoms with Gasteiger partial charge in [0.25, 0.3) is 0 Å². The highest BCUT2D eigenvalue weighted by molar-refractivity contribution is 6.32. The molecule has 0 bridgehead atoms. The molecule has 0 saturated carbocycles. The summed E-state index contributed by atoms with van der Waals surface area (Å²) in [7, 11) is 3.15. The molecule has 1 atom stereocenters. The molecule has 1 aromatic rings. The Labute approximate surface area is 123 Å². The third-order valence-corrected chi connectivity index (χ3v) is 3.87. The molecule has 1 aliphatic heterocycles. The van der Waals surface area contributed by atoms with E-state index in [0.717, 1.165) is 13.0 Å². The minimum Gasteiger partial charge on any atom is -0.495 e. The van der Waals surface area contributed by atoms with Gasteiger partial charge in [0.1, 0.15) is 5.75 Å². The van der Waals surface area contributed by atoms with Crippen LogP contribution in [-0.4, -0.2) is 39.8 Å². The van der Waals surface area contributed by atoms with Crippen molar-refractivity contribution in [2.24, 2.45) is 5.41 Å². The Balaban J connectivity index is 2.14. The van der Waals surface area contributed by atoms with Gasteiger partial charge in [-0.3, -0.25) is 4.79 Å². The molecule has 0 aromatic heterocycles. The first kappa shape index (κ1) is 15.1. The molecule has 5 nitrogen and oxygen atoms in total. The van der Waals surface area contributed by atoms with Gasteiger partial charge in [-0.2, -0.15) is 0 Å². The van der Waals surface area contributed by atoms with E-state index in [1.165, 1.54) is 0 Å². The highest BCUT2D eigenvalue weighted by Gasteiger charge is 2.41. The molecule has 1 heterocycles. The molecule has 1 saturated heterocycles. The molecule has 1 amide bonds. The monoisotopic (exact) mass is 298 g/mol. The molecular formula is C14H19ClN2O3. The minimum absolute atomic E-state index is 0.0475. The van der Waals surface area contributed by atoms with Crippen molar-refractivity contribution in [1.82, 2.24) is 5.32 Å². The number of carbonyl (C=O) groups excluding carboxylic acids is 1. The normalized spacial score (nSPS) is 21.8. The molecule has 20 heavy (non-hydrogen) atoms. The van der Waals surface area contributed by atoms with E-state index >= 15 is 0 Å². The van der Waals surface area contributed by atoms with Gasteiger partial charge >= 0.3 is 0 Å². The average Bonchev–Trinajstić information content (AvgIpc) is 2.91. The first-order valence-corrected chi connectivity index (χ1v) is 6.84. The number of amides is 1. The predicted octanol–water partition coefficient (Wildman–Crippen LogP) is 1.91. The fourth-order valence-electron chi connectivity index (χ4n) is 2.40. The summed E-state index contributed by atoms with van der Waals surface area (Å²) >= 11 is 5.97. The summed E-state index contributed by atoms with van der Waals surface area (Å²) in [4.78, 5) is 12.5. The quantitative estimate of drug-likeness (QED) is 0.872. The van der Waals surface area contributed by atoms with Crippen molar-refractivity contribution in [3.05, 3.63) is 23.2 Å². The maximum atomic E-state index is 12.5. The van der Waals surface area contributed by atoms with Gasteiger partial charge in [0.2, 0.25) is 5.91 Å². The molecule has 1 unspecified atom stereocenters. The van der Waals surface area contributed by atoms with Crippen molar-refractivity contribution in [2.75, 3.05) is 39.2 Å². The summed E-state index contributed by atoms with van der Waals surface area (Å²) in [5, 5.41) is 6.64. The molecule has 2 rings (SSSR count). The van der Waals surface area contributed by atoms with Crippen molar-refractivity contribution in [2.45, 2.75) is 6.42 Å². The van der Waals surface area contributed by atoms with Crippen molar-refractivity contribution < 1.29 is 14.3 Å². The zero-order chi connectivity index (χ0) is 14.6. The van der Waals surface area contributed by atoms with Crippen LogP contribution in [-0.2, 0) is 9.53 Å². The van der Waals surface area contributed by atoms with Crippen molar-refractivity contribution in [3.63, 3.8) is 0 Å². The molecule has 1 aromatic carbocycles. The maximum absolute atomic E-state index is 12.5. The van der Waals surface area contributed by atoms with Gasteiger partial charge in [-0.15, -0.1) is 0 Å². The lowest BCUT2D eigenvalue weighted by molar-refractivity contribution is -0.127. The highest BCUT2D eigenvalue weighted by atomic mass is 35.5. The van der Waals surface area contributed by atoms with E-state index in [1.54, 1.807) is 32.4 Å². The number of carbonyl (C=O) groups is 1. The topological polar surface area (TPSA) is 59.6 Å². The fraction of sp³-hybridized carbons (Fsp3) is 0.500. The van der Waals surface area contributed by atoms with E-state index in [2.05, 4.69) is 10.6 Å². The molecule has 1 fully saturated rings. The number of methoxy groups -OCH3 is 2. The largest absolute Gasteiger partial charge is 0.495 e. The summed E-state index contributed by atoms with van der Waals surface area (Å²) < 4.78 is 10.4. The number of ether oxygens (including phenoxy) is 2. The Bertz CT molecular complexity index is 487. The van der Waals surface area contributed by atoms with Gasteiger partial charge in [0, 0.05) is 25.4 Å². The summed E-state index contributed by atoms with van der Waals surface area (Å²) in [5.41, 5.74) is 0.153. The van der Waals surface area contributed by atoms with Gasteiger partial charge in [-0.1, -0.05) is 11.6 Å². The second kappa shape index (κ2) is 6.43. The highest BCUT2D eigenvalue weighted by Crippen LogP contribution is 2.31. The van der Waals surface area contributed by atoms with Crippen molar-refractivity contribution >= 4 is 23.2 Å². The van der Waals surface area contributed by atoms with Crippen LogP contribution in [0.4, 0.5) is 5.69 Å². The minimum atomic E-state index is -0.512. The lowest BCUT2D eigenvalue weighted by Crippen LogP contribution is -2.41. The van der Waals surface area contributed by atoms with Crippen LogP contribution in [0.25, 0.3) is 0 Å². The Morgan fingerprint density at radius 3 is 2.90 bits per heavy atom. The van der Waals surface area contributed by atoms with Crippen LogP contribution in [0.1, 0.15) is 6.42 Å². The van der Waals surface area contributed by atoms with Gasteiger partial charge in [0.15, 0.2) is 0 Å². The molecule has 1 aliphatic rings. The lowest BCUT2D eigenvalue weighted by atomic mass is 9.87. The van der Waals surface area contributed by atoms with Gasteiger partial charge in [-0.25, -0.2) is 0 Å². The fourth-order valence-corrected chi connectivity index (χ4v) is 2.60. The second-order valence-corrected chi connectivity index (χ2v) is 5.35. The zero-order valence-corrected chi connectivity index (χ0v) is 12.4. The van der Waals surface area contributed by atoms with Crippen LogP contribution < -0.4 is 15.4 Å². The Morgan fingerprint density at radius 2 is 2.30 bits per heavy atom. The summed E-state index contributed by atoms with van der Waals surface area (Å²) in [6.45, 7) is 1.84. The van der Waals surface area contributed by atoms with E-state index in [0.29, 0.717) is 29.6 Å². The smallest absolute Gasteiger partial charge is 0.234 e. The molecule has 6 heteroatoms. The number of halogens is 1. The van der Waals surface area contributed by atoms with E-state index in [1.807, 2.05) is 0 Å². The number of nitrogens with one attached hydrogen (secondary N) is 2. The summed E-state index contributed by atoms with van der Waals surface area (Å²) in [6.07, 6.45) is 0.761. The van der Waals surface area contributed by atoms with E-state index in [4.69, 9.17) is 21.1 Å². The first-order valence-electron chi connectivity index (χ1n) is 6.46. The van der Waals surface area contributed by atoms with Crippen LogP contribution in [0.2, 0.25) is 5.02 Å². The molecule has 0 spiro atoms. The third-order valence-electron chi connectivity index (χ3n) is 3.56. The summed E-state index contributed by atoms with van der Waals surface area (Å²) in [5.74, 6) is 0.489.